The molecule has 0 amide bonds. The Bertz CT molecular complexity index is 268. The van der Waals surface area contributed by atoms with Crippen molar-refractivity contribution < 1.29 is 4.79 Å². The van der Waals surface area contributed by atoms with Crippen molar-refractivity contribution in [2.75, 3.05) is 0 Å². The molecule has 0 saturated heterocycles. The standard InChI is InChI=1S/C8H5NO/c9-5-7-1-3-8(6-10)4-2-7/h1-4,6H/i5+2. The lowest BCUT2D eigenvalue weighted by molar-refractivity contribution is 0.112. The van der Waals surface area contributed by atoms with E-state index in [2.05, 4.69) is 0 Å². The van der Waals surface area contributed by atoms with Crippen LogP contribution in [0.5, 0.6) is 0 Å². The highest BCUT2D eigenvalue weighted by Crippen LogP contribution is 1.99. The molecule has 2 heteroatoms. The van der Waals surface area contributed by atoms with Crippen LogP contribution in [0.15, 0.2) is 24.3 Å². The van der Waals surface area contributed by atoms with Crippen LogP contribution in [0.3, 0.4) is 0 Å². The Labute approximate surface area is 58.7 Å². The fourth-order valence-corrected chi connectivity index (χ4v) is 0.636. The van der Waals surface area contributed by atoms with Gasteiger partial charge in [0.25, 0.3) is 0 Å². The van der Waals surface area contributed by atoms with Gasteiger partial charge in [0.2, 0.25) is 0 Å². The van der Waals surface area contributed by atoms with Gasteiger partial charge in [0.1, 0.15) is 6.29 Å². The minimum Gasteiger partial charge on any atom is -0.298 e. The van der Waals surface area contributed by atoms with E-state index in [4.69, 9.17) is 5.26 Å². The monoisotopic (exact) mass is 133 g/mol. The third-order valence-electron chi connectivity index (χ3n) is 1.18. The molecule has 0 aliphatic carbocycles. The van der Waals surface area contributed by atoms with E-state index in [1.54, 1.807) is 24.3 Å². The Balaban J connectivity index is 3.04. The van der Waals surface area contributed by atoms with Crippen molar-refractivity contribution in [2.24, 2.45) is 0 Å². The molecule has 0 atom stereocenters. The maximum Gasteiger partial charge on any atom is 0.150 e. The van der Waals surface area contributed by atoms with Crippen LogP contribution in [0.4, 0.5) is 0 Å². The van der Waals surface area contributed by atoms with Crippen molar-refractivity contribution in [3.05, 3.63) is 35.4 Å². The average molecular weight is 133 g/mol. The lowest BCUT2D eigenvalue weighted by atomic mass is 10.2. The summed E-state index contributed by atoms with van der Waals surface area (Å²) in [6, 6.07) is 8.43. The topological polar surface area (TPSA) is 40.9 Å². The normalized spacial score (nSPS) is 8.30. The summed E-state index contributed by atoms with van der Waals surface area (Å²) in [5, 5.41) is 8.36. The van der Waals surface area contributed by atoms with Crippen molar-refractivity contribution in [3.63, 3.8) is 0 Å². The molecule has 0 N–H and O–H groups in total. The van der Waals surface area contributed by atoms with Crippen molar-refractivity contribution in [1.82, 2.24) is 0 Å². The highest BCUT2D eigenvalue weighted by molar-refractivity contribution is 5.74. The summed E-state index contributed by atoms with van der Waals surface area (Å²) in [7, 11) is 0. The number of hydrogen-bond donors (Lipinski definition) is 0. The van der Waals surface area contributed by atoms with Gasteiger partial charge in [-0.1, -0.05) is 12.1 Å². The minimum atomic E-state index is 0.575. The van der Waals surface area contributed by atoms with E-state index in [9.17, 15) is 4.79 Å². The van der Waals surface area contributed by atoms with Gasteiger partial charge in [-0.3, -0.25) is 4.79 Å². The van der Waals surface area contributed by atoms with Crippen LogP contribution in [-0.4, -0.2) is 6.29 Å². The van der Waals surface area contributed by atoms with Crippen molar-refractivity contribution in [3.8, 4) is 6.07 Å². The van der Waals surface area contributed by atoms with E-state index in [0.29, 0.717) is 11.1 Å². The maximum absolute atomic E-state index is 10.1. The first-order chi connectivity index (χ1) is 4.86. The molecule has 0 saturated carbocycles. The largest absolute Gasteiger partial charge is 0.298 e. The van der Waals surface area contributed by atoms with Crippen molar-refractivity contribution in [1.29, 1.82) is 5.26 Å². The van der Waals surface area contributed by atoms with E-state index >= 15 is 0 Å². The molecule has 0 fully saturated rings. The predicted molar refractivity (Wildman–Crippen MR) is 36.5 cm³/mol. The summed E-state index contributed by atoms with van der Waals surface area (Å²) >= 11 is 0. The summed E-state index contributed by atoms with van der Waals surface area (Å²) in [4.78, 5) is 10.1. The Hall–Kier alpha value is -1.62. The van der Waals surface area contributed by atoms with E-state index in [1.807, 2.05) is 6.07 Å². The van der Waals surface area contributed by atoms with Gasteiger partial charge >= 0.3 is 0 Å². The molecule has 2 nitrogen and oxygen atoms in total. The van der Waals surface area contributed by atoms with E-state index in [-0.39, 0.29) is 0 Å². The van der Waals surface area contributed by atoms with Gasteiger partial charge in [-0.15, -0.1) is 0 Å². The third kappa shape index (κ3) is 1.20. The maximum atomic E-state index is 10.1. The minimum absolute atomic E-state index is 0.575. The Kier molecular flexibility index (Phi) is 1.81. The number of rotatable bonds is 1. The van der Waals surface area contributed by atoms with Crippen LogP contribution in [0.25, 0.3) is 0 Å². The highest BCUT2D eigenvalue weighted by Gasteiger charge is 1.88. The molecule has 0 aliphatic rings. The summed E-state index contributed by atoms with van der Waals surface area (Å²) in [6.07, 6.45) is 0.751. The molecule has 1 rings (SSSR count). The van der Waals surface area contributed by atoms with E-state index < -0.39 is 0 Å². The molecule has 10 heavy (non-hydrogen) atoms. The number of aldehydes is 1. The molecule has 0 radical (unpaired) electrons. The van der Waals surface area contributed by atoms with E-state index in [0.717, 1.165) is 6.29 Å². The lowest BCUT2D eigenvalue weighted by Crippen LogP contribution is -1.78. The van der Waals surface area contributed by atoms with Gasteiger partial charge in [-0.2, -0.15) is 5.26 Å². The first kappa shape index (κ1) is 6.50. The summed E-state index contributed by atoms with van der Waals surface area (Å²) in [5.41, 5.74) is 1.17. The second-order valence-electron chi connectivity index (χ2n) is 1.85. The predicted octanol–water partition coefficient (Wildman–Crippen LogP) is 1.37. The van der Waals surface area contributed by atoms with Crippen LogP contribution >= 0.6 is 0 Å². The zero-order chi connectivity index (χ0) is 7.40. The number of carbonyl (C=O) groups excluding carboxylic acids is 1. The third-order valence-corrected chi connectivity index (χ3v) is 1.18. The van der Waals surface area contributed by atoms with Gasteiger partial charge in [0, 0.05) is 5.56 Å². The Morgan fingerprint density at radius 1 is 1.30 bits per heavy atom. The van der Waals surface area contributed by atoms with Crippen molar-refractivity contribution >= 4 is 6.29 Å². The lowest BCUT2D eigenvalue weighted by Gasteiger charge is -1.87. The van der Waals surface area contributed by atoms with Gasteiger partial charge in [0.05, 0.1) is 11.6 Å². The molecular formula is C8H5NO. The summed E-state index contributed by atoms with van der Waals surface area (Å²) in [5.74, 6) is 0. The molecule has 0 unspecified atom stereocenters. The summed E-state index contributed by atoms with van der Waals surface area (Å²) in [6.45, 7) is 0. The molecular weight excluding hydrogens is 128 g/mol. The Morgan fingerprint density at radius 3 is 2.30 bits per heavy atom. The zero-order valence-corrected chi connectivity index (χ0v) is 5.24. The molecule has 1 aromatic rings. The number of carbonyl (C=O) groups is 1. The number of nitrogens with zero attached hydrogens (tertiary/aromatic N) is 1. The summed E-state index contributed by atoms with van der Waals surface area (Å²) < 4.78 is 0. The van der Waals surface area contributed by atoms with Crippen molar-refractivity contribution in [2.45, 2.75) is 0 Å². The molecule has 0 heterocycles. The average Bonchev–Trinajstić information content (AvgIpc) is 2.05. The second-order valence-corrected chi connectivity index (χ2v) is 1.85. The van der Waals surface area contributed by atoms with Gasteiger partial charge < -0.3 is 0 Å². The van der Waals surface area contributed by atoms with Crippen LogP contribution in [-0.2, 0) is 0 Å². The molecule has 0 spiro atoms. The van der Waals surface area contributed by atoms with Crippen LogP contribution in [0.1, 0.15) is 15.9 Å². The quantitative estimate of drug-likeness (QED) is 0.543. The molecule has 0 aromatic heterocycles. The molecule has 0 bridgehead atoms. The van der Waals surface area contributed by atoms with Crippen LogP contribution in [0, 0.1) is 11.3 Å². The molecule has 1 aromatic carbocycles. The van der Waals surface area contributed by atoms with Gasteiger partial charge in [0.15, 0.2) is 0 Å². The molecule has 48 valence electrons. The van der Waals surface area contributed by atoms with Crippen LogP contribution in [0.2, 0.25) is 0 Å². The van der Waals surface area contributed by atoms with Crippen LogP contribution < -0.4 is 0 Å². The van der Waals surface area contributed by atoms with Gasteiger partial charge in [-0.25, -0.2) is 0 Å². The fourth-order valence-electron chi connectivity index (χ4n) is 0.636. The number of benzene rings is 1. The Morgan fingerprint density at radius 2 is 1.90 bits per heavy atom. The first-order valence-corrected chi connectivity index (χ1v) is 2.82. The number of nitriles is 1. The highest BCUT2D eigenvalue weighted by atomic mass is 16.1. The number of hydrogen-bond acceptors (Lipinski definition) is 2. The first-order valence-electron chi connectivity index (χ1n) is 2.82. The van der Waals surface area contributed by atoms with Gasteiger partial charge in [-0.05, 0) is 12.1 Å². The smallest absolute Gasteiger partial charge is 0.150 e. The zero-order valence-electron chi connectivity index (χ0n) is 5.24. The van der Waals surface area contributed by atoms with E-state index in [1.165, 1.54) is 0 Å². The molecule has 0 aliphatic heterocycles. The SMILES string of the molecule is N#[14C]c1ccc(C=O)cc1. The second kappa shape index (κ2) is 2.79. The fraction of sp³-hybridized carbons (Fsp3) is 0.